The standard InChI is InChI=1S/C17H14N2O2/c20-17-8-6-14(18-19-17)11-5-7-16-13(9-11)10-12-3-1-2-4-15(12)21-16/h1-5,7,9H,6,8,10H2,(H,19,20). The molecule has 0 aromatic heterocycles. The molecule has 0 aliphatic carbocycles. The maximum Gasteiger partial charge on any atom is 0.240 e. The summed E-state index contributed by atoms with van der Waals surface area (Å²) < 4.78 is 5.93. The number of amides is 1. The van der Waals surface area contributed by atoms with E-state index in [0.717, 1.165) is 34.8 Å². The summed E-state index contributed by atoms with van der Waals surface area (Å²) in [5.74, 6) is 1.81. The number of fused-ring (bicyclic) bond motifs is 2. The van der Waals surface area contributed by atoms with Crippen LogP contribution in [0.15, 0.2) is 47.6 Å². The summed E-state index contributed by atoms with van der Waals surface area (Å²) in [6.07, 6.45) is 2.04. The van der Waals surface area contributed by atoms with Gasteiger partial charge >= 0.3 is 0 Å². The number of nitrogens with zero attached hydrogens (tertiary/aromatic N) is 1. The maximum atomic E-state index is 11.2. The van der Waals surface area contributed by atoms with Gasteiger partial charge < -0.3 is 4.74 Å². The Balaban J connectivity index is 1.69. The van der Waals surface area contributed by atoms with E-state index < -0.39 is 0 Å². The van der Waals surface area contributed by atoms with Gasteiger partial charge in [0.05, 0.1) is 5.71 Å². The third-order valence-corrected chi connectivity index (χ3v) is 3.87. The topological polar surface area (TPSA) is 50.7 Å². The Morgan fingerprint density at radius 1 is 1.00 bits per heavy atom. The Morgan fingerprint density at radius 3 is 2.71 bits per heavy atom. The van der Waals surface area contributed by atoms with Crippen molar-refractivity contribution in [3.8, 4) is 11.5 Å². The molecule has 2 heterocycles. The van der Waals surface area contributed by atoms with Crippen LogP contribution in [0.1, 0.15) is 29.5 Å². The van der Waals surface area contributed by atoms with Gasteiger partial charge in [-0.3, -0.25) is 4.79 Å². The minimum absolute atomic E-state index is 0.0195. The molecule has 2 aliphatic heterocycles. The van der Waals surface area contributed by atoms with Gasteiger partial charge in [-0.2, -0.15) is 5.10 Å². The molecular formula is C17H14N2O2. The van der Waals surface area contributed by atoms with Crippen LogP contribution in [0.5, 0.6) is 11.5 Å². The average Bonchev–Trinajstić information content (AvgIpc) is 2.53. The van der Waals surface area contributed by atoms with Gasteiger partial charge in [0.25, 0.3) is 0 Å². The summed E-state index contributed by atoms with van der Waals surface area (Å²) in [7, 11) is 0. The van der Waals surface area contributed by atoms with Crippen molar-refractivity contribution in [2.75, 3.05) is 0 Å². The van der Waals surface area contributed by atoms with Crippen molar-refractivity contribution in [3.63, 3.8) is 0 Å². The van der Waals surface area contributed by atoms with Crippen LogP contribution in [0.25, 0.3) is 0 Å². The van der Waals surface area contributed by atoms with E-state index in [1.54, 1.807) is 0 Å². The molecule has 104 valence electrons. The predicted octanol–water partition coefficient (Wildman–Crippen LogP) is 3.00. The molecule has 0 spiro atoms. The van der Waals surface area contributed by atoms with Crippen LogP contribution >= 0.6 is 0 Å². The molecular weight excluding hydrogens is 264 g/mol. The quantitative estimate of drug-likeness (QED) is 0.744. The molecule has 0 unspecified atom stereocenters. The summed E-state index contributed by atoms with van der Waals surface area (Å²) in [6, 6.07) is 14.2. The zero-order chi connectivity index (χ0) is 14.2. The highest BCUT2D eigenvalue weighted by atomic mass is 16.5. The number of hydrogen-bond donors (Lipinski definition) is 1. The number of ether oxygens (including phenoxy) is 1. The van der Waals surface area contributed by atoms with E-state index in [0.29, 0.717) is 12.8 Å². The number of hydrazone groups is 1. The van der Waals surface area contributed by atoms with E-state index in [4.69, 9.17) is 4.74 Å². The number of rotatable bonds is 1. The fourth-order valence-electron chi connectivity index (χ4n) is 2.75. The molecule has 4 rings (SSSR count). The summed E-state index contributed by atoms with van der Waals surface area (Å²) in [5, 5.41) is 4.15. The minimum Gasteiger partial charge on any atom is -0.457 e. The minimum atomic E-state index is -0.0195. The third kappa shape index (κ3) is 2.18. The molecule has 1 amide bonds. The monoisotopic (exact) mass is 278 g/mol. The van der Waals surface area contributed by atoms with Crippen LogP contribution in [-0.4, -0.2) is 11.6 Å². The van der Waals surface area contributed by atoms with Gasteiger partial charge in [0.2, 0.25) is 5.91 Å². The van der Waals surface area contributed by atoms with E-state index >= 15 is 0 Å². The van der Waals surface area contributed by atoms with Crippen molar-refractivity contribution in [3.05, 3.63) is 59.2 Å². The van der Waals surface area contributed by atoms with Crippen molar-refractivity contribution in [1.82, 2.24) is 5.43 Å². The zero-order valence-electron chi connectivity index (χ0n) is 11.4. The van der Waals surface area contributed by atoms with Gasteiger partial charge in [-0.15, -0.1) is 0 Å². The lowest BCUT2D eigenvalue weighted by Crippen LogP contribution is -2.26. The molecule has 2 aromatic rings. The smallest absolute Gasteiger partial charge is 0.240 e. The van der Waals surface area contributed by atoms with Crippen molar-refractivity contribution < 1.29 is 9.53 Å². The van der Waals surface area contributed by atoms with Gasteiger partial charge in [0.15, 0.2) is 0 Å². The van der Waals surface area contributed by atoms with Crippen molar-refractivity contribution >= 4 is 11.6 Å². The second kappa shape index (κ2) is 4.74. The number of benzene rings is 2. The highest BCUT2D eigenvalue weighted by Gasteiger charge is 2.19. The number of hydrogen-bond acceptors (Lipinski definition) is 3. The van der Waals surface area contributed by atoms with E-state index in [9.17, 15) is 4.79 Å². The summed E-state index contributed by atoms with van der Waals surface area (Å²) >= 11 is 0. The predicted molar refractivity (Wildman–Crippen MR) is 79.7 cm³/mol. The van der Waals surface area contributed by atoms with Crippen LogP contribution in [0.4, 0.5) is 0 Å². The number of carbonyl (C=O) groups is 1. The normalized spacial score (nSPS) is 16.2. The fourth-order valence-corrected chi connectivity index (χ4v) is 2.75. The highest BCUT2D eigenvalue weighted by Crippen LogP contribution is 2.36. The van der Waals surface area contributed by atoms with Gasteiger partial charge in [0, 0.05) is 19.3 Å². The molecule has 4 nitrogen and oxygen atoms in total. The van der Waals surface area contributed by atoms with Crippen molar-refractivity contribution in [2.24, 2.45) is 5.10 Å². The van der Waals surface area contributed by atoms with Crippen LogP contribution in [0, 0.1) is 0 Å². The molecule has 0 saturated carbocycles. The van der Waals surface area contributed by atoms with Crippen LogP contribution in [0.2, 0.25) is 0 Å². The van der Waals surface area contributed by atoms with E-state index in [-0.39, 0.29) is 5.91 Å². The molecule has 0 radical (unpaired) electrons. The average molecular weight is 278 g/mol. The van der Waals surface area contributed by atoms with E-state index in [2.05, 4.69) is 22.7 Å². The molecule has 21 heavy (non-hydrogen) atoms. The van der Waals surface area contributed by atoms with Crippen LogP contribution in [0.3, 0.4) is 0 Å². The first-order valence-corrected chi connectivity index (χ1v) is 7.04. The number of carbonyl (C=O) groups excluding carboxylic acids is 1. The molecule has 0 atom stereocenters. The SMILES string of the molecule is O=C1CCC(c2ccc3c(c2)Cc2ccccc2O3)=NN1. The lowest BCUT2D eigenvalue weighted by atomic mass is 9.96. The second-order valence-corrected chi connectivity index (χ2v) is 5.30. The Morgan fingerprint density at radius 2 is 1.86 bits per heavy atom. The van der Waals surface area contributed by atoms with Gasteiger partial charge in [-0.05, 0) is 41.0 Å². The summed E-state index contributed by atoms with van der Waals surface area (Å²) in [6.45, 7) is 0. The maximum absolute atomic E-state index is 11.2. The molecule has 4 heteroatoms. The van der Waals surface area contributed by atoms with E-state index in [1.807, 2.05) is 30.3 Å². The molecule has 0 bridgehead atoms. The molecule has 1 N–H and O–H groups in total. The second-order valence-electron chi connectivity index (χ2n) is 5.30. The van der Waals surface area contributed by atoms with Gasteiger partial charge in [-0.1, -0.05) is 18.2 Å². The first kappa shape index (κ1) is 12.1. The Labute approximate surface area is 122 Å². The molecule has 0 saturated heterocycles. The lowest BCUT2D eigenvalue weighted by Gasteiger charge is -2.21. The molecule has 2 aliphatic rings. The van der Waals surface area contributed by atoms with Crippen LogP contribution < -0.4 is 10.2 Å². The third-order valence-electron chi connectivity index (χ3n) is 3.87. The van der Waals surface area contributed by atoms with Gasteiger partial charge in [-0.25, -0.2) is 5.43 Å². The van der Waals surface area contributed by atoms with Gasteiger partial charge in [0.1, 0.15) is 11.5 Å². The Hall–Kier alpha value is -2.62. The zero-order valence-corrected chi connectivity index (χ0v) is 11.4. The van der Waals surface area contributed by atoms with Crippen molar-refractivity contribution in [1.29, 1.82) is 0 Å². The summed E-state index contributed by atoms with van der Waals surface area (Å²) in [5.41, 5.74) is 6.88. The van der Waals surface area contributed by atoms with Crippen molar-refractivity contribution in [2.45, 2.75) is 19.3 Å². The van der Waals surface area contributed by atoms with E-state index in [1.165, 1.54) is 5.56 Å². The lowest BCUT2D eigenvalue weighted by molar-refractivity contribution is -0.121. The Kier molecular flexibility index (Phi) is 2.74. The first-order chi connectivity index (χ1) is 10.3. The first-order valence-electron chi connectivity index (χ1n) is 7.04. The number of nitrogens with one attached hydrogen (secondary N) is 1. The fraction of sp³-hybridized carbons (Fsp3) is 0.176. The summed E-state index contributed by atoms with van der Waals surface area (Å²) in [4.78, 5) is 11.2. The Bertz CT molecular complexity index is 765. The molecule has 0 fully saturated rings. The van der Waals surface area contributed by atoms with Crippen LogP contribution in [-0.2, 0) is 11.2 Å². The highest BCUT2D eigenvalue weighted by molar-refractivity contribution is 6.04. The number of para-hydroxylation sites is 1. The largest absolute Gasteiger partial charge is 0.457 e. The molecule has 2 aromatic carbocycles.